The summed E-state index contributed by atoms with van der Waals surface area (Å²) in [6.07, 6.45) is 0. The van der Waals surface area contributed by atoms with Crippen LogP contribution in [0.4, 0.5) is 0 Å². The van der Waals surface area contributed by atoms with Crippen molar-refractivity contribution in [3.05, 3.63) is 33.8 Å². The quantitative estimate of drug-likeness (QED) is 0.898. The average molecular weight is 312 g/mol. The van der Waals surface area contributed by atoms with Crippen LogP contribution in [-0.2, 0) is 11.3 Å². The number of hydrogen-bond donors (Lipinski definition) is 2. The first-order chi connectivity index (χ1) is 7.91. The van der Waals surface area contributed by atoms with Gasteiger partial charge < -0.3 is 11.1 Å². The first-order valence-corrected chi connectivity index (χ1v) is 6.14. The Morgan fingerprint density at radius 3 is 2.44 bits per heavy atom. The minimum atomic E-state index is -0.488. The minimum absolute atomic E-state index is 0. The highest BCUT2D eigenvalue weighted by molar-refractivity contribution is 6.42. The highest BCUT2D eigenvalue weighted by Gasteiger charge is 2.16. The van der Waals surface area contributed by atoms with Gasteiger partial charge >= 0.3 is 0 Å². The van der Waals surface area contributed by atoms with Crippen LogP contribution in [0.1, 0.15) is 19.4 Å². The fourth-order valence-electron chi connectivity index (χ4n) is 1.26. The van der Waals surface area contributed by atoms with Crippen LogP contribution in [0.2, 0.25) is 10.0 Å². The zero-order chi connectivity index (χ0) is 13.0. The molecule has 18 heavy (non-hydrogen) atoms. The fraction of sp³-hybridized carbons (Fsp3) is 0.417. The molecule has 1 aromatic carbocycles. The van der Waals surface area contributed by atoms with Gasteiger partial charge in [0.25, 0.3) is 0 Å². The van der Waals surface area contributed by atoms with Gasteiger partial charge in [-0.05, 0) is 23.6 Å². The number of rotatable bonds is 4. The zero-order valence-electron chi connectivity index (χ0n) is 10.2. The first-order valence-electron chi connectivity index (χ1n) is 5.39. The molecule has 0 heterocycles. The van der Waals surface area contributed by atoms with Crippen LogP contribution in [0.5, 0.6) is 0 Å². The van der Waals surface area contributed by atoms with E-state index in [1.165, 1.54) is 0 Å². The molecule has 102 valence electrons. The molecule has 3 N–H and O–H groups in total. The van der Waals surface area contributed by atoms with Gasteiger partial charge in [0, 0.05) is 6.54 Å². The number of benzene rings is 1. The van der Waals surface area contributed by atoms with Gasteiger partial charge in [0.1, 0.15) is 0 Å². The van der Waals surface area contributed by atoms with E-state index in [0.29, 0.717) is 16.6 Å². The molecule has 0 radical (unpaired) electrons. The second-order valence-electron chi connectivity index (χ2n) is 4.24. The van der Waals surface area contributed by atoms with E-state index in [1.54, 1.807) is 12.1 Å². The number of hydrogen-bond acceptors (Lipinski definition) is 2. The van der Waals surface area contributed by atoms with Crippen molar-refractivity contribution in [2.45, 2.75) is 26.4 Å². The Hall–Kier alpha value is -0.480. The predicted octanol–water partition coefficient (Wildman–Crippen LogP) is 3.01. The summed E-state index contributed by atoms with van der Waals surface area (Å²) in [5, 5.41) is 3.74. The van der Waals surface area contributed by atoms with E-state index in [9.17, 15) is 4.79 Å². The largest absolute Gasteiger partial charge is 0.351 e. The van der Waals surface area contributed by atoms with Crippen LogP contribution < -0.4 is 11.1 Å². The second-order valence-corrected chi connectivity index (χ2v) is 5.05. The Labute approximate surface area is 123 Å². The van der Waals surface area contributed by atoms with E-state index < -0.39 is 6.04 Å². The Kier molecular flexibility index (Phi) is 7.64. The first kappa shape index (κ1) is 17.5. The topological polar surface area (TPSA) is 55.1 Å². The molecule has 0 bridgehead atoms. The zero-order valence-corrected chi connectivity index (χ0v) is 12.6. The van der Waals surface area contributed by atoms with Crippen LogP contribution >= 0.6 is 35.6 Å². The van der Waals surface area contributed by atoms with Gasteiger partial charge in [-0.3, -0.25) is 4.79 Å². The summed E-state index contributed by atoms with van der Waals surface area (Å²) in [5.74, 6) is -0.0464. The molecule has 0 unspecified atom stereocenters. The molecule has 0 aliphatic heterocycles. The molecule has 0 aromatic heterocycles. The number of halogens is 3. The SMILES string of the molecule is CC(C)[C@@H](N)C(=O)NCc1ccc(Cl)c(Cl)c1.Cl. The van der Waals surface area contributed by atoms with Crippen LogP contribution in [0.3, 0.4) is 0 Å². The Morgan fingerprint density at radius 1 is 1.33 bits per heavy atom. The molecule has 6 heteroatoms. The van der Waals surface area contributed by atoms with Gasteiger partial charge in [-0.25, -0.2) is 0 Å². The highest BCUT2D eigenvalue weighted by Crippen LogP contribution is 2.22. The van der Waals surface area contributed by atoms with E-state index in [-0.39, 0.29) is 24.2 Å². The molecule has 0 spiro atoms. The summed E-state index contributed by atoms with van der Waals surface area (Å²) in [4.78, 5) is 11.6. The van der Waals surface area contributed by atoms with Crippen molar-refractivity contribution in [1.29, 1.82) is 0 Å². The van der Waals surface area contributed by atoms with E-state index in [1.807, 2.05) is 19.9 Å². The van der Waals surface area contributed by atoms with E-state index >= 15 is 0 Å². The average Bonchev–Trinajstić information content (AvgIpc) is 2.29. The molecule has 0 aliphatic rings. The van der Waals surface area contributed by atoms with E-state index in [4.69, 9.17) is 28.9 Å². The number of nitrogens with one attached hydrogen (secondary N) is 1. The van der Waals surface area contributed by atoms with Gasteiger partial charge in [-0.1, -0.05) is 43.1 Å². The smallest absolute Gasteiger partial charge is 0.237 e. The lowest BCUT2D eigenvalue weighted by atomic mass is 10.0. The molecular formula is C12H17Cl3N2O. The summed E-state index contributed by atoms with van der Waals surface area (Å²) in [6, 6.07) is 4.76. The molecule has 1 rings (SSSR count). The lowest BCUT2D eigenvalue weighted by Gasteiger charge is -2.15. The maximum absolute atomic E-state index is 11.6. The number of carbonyl (C=O) groups excluding carboxylic acids is 1. The van der Waals surface area contributed by atoms with Crippen molar-refractivity contribution in [1.82, 2.24) is 5.32 Å². The van der Waals surface area contributed by atoms with Crippen LogP contribution in [-0.4, -0.2) is 11.9 Å². The van der Waals surface area contributed by atoms with Gasteiger partial charge in [-0.2, -0.15) is 0 Å². The molecule has 1 aromatic rings. The van der Waals surface area contributed by atoms with Crippen LogP contribution in [0, 0.1) is 5.92 Å². The van der Waals surface area contributed by atoms with Gasteiger partial charge in [0.15, 0.2) is 0 Å². The summed E-state index contributed by atoms with van der Waals surface area (Å²) >= 11 is 11.7. The van der Waals surface area contributed by atoms with Crippen molar-refractivity contribution >= 4 is 41.5 Å². The van der Waals surface area contributed by atoms with Crippen LogP contribution in [0.25, 0.3) is 0 Å². The van der Waals surface area contributed by atoms with Crippen molar-refractivity contribution in [2.24, 2.45) is 11.7 Å². The Morgan fingerprint density at radius 2 is 1.94 bits per heavy atom. The van der Waals surface area contributed by atoms with Crippen LogP contribution in [0.15, 0.2) is 18.2 Å². The van der Waals surface area contributed by atoms with E-state index in [2.05, 4.69) is 5.32 Å². The third kappa shape index (κ3) is 5.02. The van der Waals surface area contributed by atoms with Crippen molar-refractivity contribution in [3.63, 3.8) is 0 Å². The second kappa shape index (κ2) is 7.85. The molecule has 1 amide bonds. The minimum Gasteiger partial charge on any atom is -0.351 e. The van der Waals surface area contributed by atoms with E-state index in [0.717, 1.165) is 5.56 Å². The normalized spacial score (nSPS) is 11.9. The standard InChI is InChI=1S/C12H16Cl2N2O.ClH/c1-7(2)11(15)12(17)16-6-8-3-4-9(13)10(14)5-8;/h3-5,7,11H,6,15H2,1-2H3,(H,16,17);1H/t11-;/m1./s1. The molecule has 3 nitrogen and oxygen atoms in total. The summed E-state index contributed by atoms with van der Waals surface area (Å²) in [5.41, 5.74) is 6.61. The maximum Gasteiger partial charge on any atom is 0.237 e. The molecule has 1 atom stereocenters. The Balaban J connectivity index is 0.00000289. The molecule has 0 saturated carbocycles. The van der Waals surface area contributed by atoms with Gasteiger partial charge in [0.2, 0.25) is 5.91 Å². The summed E-state index contributed by atoms with van der Waals surface area (Å²) < 4.78 is 0. The third-order valence-corrected chi connectivity index (χ3v) is 3.21. The monoisotopic (exact) mass is 310 g/mol. The molecule has 0 aliphatic carbocycles. The highest BCUT2D eigenvalue weighted by atomic mass is 35.5. The van der Waals surface area contributed by atoms with Crippen molar-refractivity contribution in [2.75, 3.05) is 0 Å². The lowest BCUT2D eigenvalue weighted by molar-refractivity contribution is -0.123. The number of nitrogens with two attached hydrogens (primary N) is 1. The fourth-order valence-corrected chi connectivity index (χ4v) is 1.58. The third-order valence-electron chi connectivity index (χ3n) is 2.47. The van der Waals surface area contributed by atoms with Crippen molar-refractivity contribution in [3.8, 4) is 0 Å². The Bertz CT molecular complexity index is 410. The summed E-state index contributed by atoms with van der Waals surface area (Å²) in [7, 11) is 0. The predicted molar refractivity (Wildman–Crippen MR) is 78.4 cm³/mol. The lowest BCUT2D eigenvalue weighted by Crippen LogP contribution is -2.43. The molecule has 0 fully saturated rings. The van der Waals surface area contributed by atoms with Crippen molar-refractivity contribution < 1.29 is 4.79 Å². The maximum atomic E-state index is 11.6. The van der Waals surface area contributed by atoms with Gasteiger partial charge in [-0.15, -0.1) is 12.4 Å². The molecular weight excluding hydrogens is 295 g/mol. The summed E-state index contributed by atoms with van der Waals surface area (Å²) in [6.45, 7) is 4.21. The number of amides is 1. The number of carbonyl (C=O) groups is 1. The van der Waals surface area contributed by atoms with Gasteiger partial charge in [0.05, 0.1) is 16.1 Å². The molecule has 0 saturated heterocycles.